The third-order valence-electron chi connectivity index (χ3n) is 9.83. The normalized spacial score (nSPS) is 17.0. The number of hydrogen-bond donors (Lipinski definition) is 16. The van der Waals surface area contributed by atoms with Gasteiger partial charge in [0, 0.05) is 48.2 Å². The molecule has 16 N–H and O–H groups in total. The average molecular weight is 903 g/mol. The van der Waals surface area contributed by atoms with E-state index in [-0.39, 0.29) is 70.3 Å². The van der Waals surface area contributed by atoms with Gasteiger partial charge in [-0.05, 0) is 59.7 Å². The SMILES string of the molecule is O=C(OC(=O)c1cc(O)c(O)c(O)c1)c1cc(O)c(O)c(O)c1.Oc1cc(O)c2c(c1)O[C@H](c1ccc(O)c(O)c1)[C@H](O)C2.Oc1cc(O)c2c(c1)O[C@H](c1ccc(O)c(O)c1)[C@H](O)C2. The number of benzene rings is 6. The number of aliphatic hydroxyl groups excluding tert-OH is 2. The zero-order chi connectivity index (χ0) is 47.6. The summed E-state index contributed by atoms with van der Waals surface area (Å²) < 4.78 is 15.7. The van der Waals surface area contributed by atoms with E-state index in [2.05, 4.69) is 4.74 Å². The number of hydrogen-bond acceptors (Lipinski definition) is 21. The molecule has 2 aliphatic heterocycles. The molecule has 6 aromatic carbocycles. The first-order chi connectivity index (χ1) is 30.6. The van der Waals surface area contributed by atoms with Gasteiger partial charge < -0.3 is 95.9 Å². The molecule has 21 nitrogen and oxygen atoms in total. The number of phenolic OH excluding ortho intramolecular Hbond substituents is 14. The first-order valence-corrected chi connectivity index (χ1v) is 18.7. The molecule has 8 rings (SSSR count). The largest absolute Gasteiger partial charge is 0.508 e. The van der Waals surface area contributed by atoms with Gasteiger partial charge in [0.05, 0.1) is 23.3 Å². The highest BCUT2D eigenvalue weighted by Crippen LogP contribution is 2.45. The van der Waals surface area contributed by atoms with Crippen LogP contribution in [0.5, 0.6) is 92.0 Å². The standard InChI is InChI=1S/2C15H14O6.C14H10O9/c2*16-8-4-11(18)9-6-13(20)15(21-14(9)5-8)7-1-2-10(17)12(19)3-7;15-7-1-5(2-8(16)11(7)19)13(21)23-14(22)6-3-9(17)12(20)10(18)4-6/h2*1-5,13,15-20H,6H2;1-4,15-20H/t2*13-,15-;/m11./s1. The Balaban J connectivity index is 0.000000162. The van der Waals surface area contributed by atoms with Gasteiger partial charge >= 0.3 is 11.9 Å². The maximum atomic E-state index is 11.8. The lowest BCUT2D eigenvalue weighted by Gasteiger charge is -2.31. The molecule has 2 aliphatic rings. The van der Waals surface area contributed by atoms with E-state index in [1.807, 2.05) is 0 Å². The third-order valence-corrected chi connectivity index (χ3v) is 9.83. The van der Waals surface area contributed by atoms with Crippen LogP contribution in [0, 0.1) is 0 Å². The van der Waals surface area contributed by atoms with Crippen LogP contribution in [0.4, 0.5) is 0 Å². The number of carbonyl (C=O) groups excluding carboxylic acids is 2. The lowest BCUT2D eigenvalue weighted by molar-refractivity contribution is 0.0196. The average Bonchev–Trinajstić information content (AvgIpc) is 3.24. The van der Waals surface area contributed by atoms with Crippen molar-refractivity contribution in [3.05, 3.63) is 118 Å². The Hall–Kier alpha value is -8.82. The molecule has 0 spiro atoms. The van der Waals surface area contributed by atoms with Crippen molar-refractivity contribution in [1.29, 1.82) is 0 Å². The number of aromatic hydroxyl groups is 14. The molecule has 65 heavy (non-hydrogen) atoms. The lowest BCUT2D eigenvalue weighted by atomic mass is 9.94. The van der Waals surface area contributed by atoms with Gasteiger partial charge in [-0.2, -0.15) is 0 Å². The van der Waals surface area contributed by atoms with E-state index in [1.54, 1.807) is 0 Å². The Morgan fingerprint density at radius 2 is 0.754 bits per heavy atom. The summed E-state index contributed by atoms with van der Waals surface area (Å²) in [5.74, 6) is -8.62. The highest BCUT2D eigenvalue weighted by molar-refractivity contribution is 6.03. The lowest BCUT2D eigenvalue weighted by Crippen LogP contribution is -2.30. The minimum atomic E-state index is -1.27. The van der Waals surface area contributed by atoms with E-state index in [9.17, 15) is 81.1 Å². The monoisotopic (exact) mass is 902 g/mol. The number of esters is 2. The number of phenols is 14. The number of aliphatic hydroxyl groups is 2. The Labute approximate surface area is 364 Å². The Morgan fingerprint density at radius 3 is 1.08 bits per heavy atom. The second kappa shape index (κ2) is 18.3. The number of carbonyl (C=O) groups is 2. The highest BCUT2D eigenvalue weighted by atomic mass is 16.6. The van der Waals surface area contributed by atoms with Crippen LogP contribution in [0.1, 0.15) is 55.2 Å². The number of ether oxygens (including phenoxy) is 3. The summed E-state index contributed by atoms with van der Waals surface area (Å²) >= 11 is 0. The van der Waals surface area contributed by atoms with Crippen molar-refractivity contribution in [3.8, 4) is 92.0 Å². The van der Waals surface area contributed by atoms with E-state index in [0.717, 1.165) is 24.3 Å². The Bertz CT molecular complexity index is 2570. The molecule has 2 heterocycles. The van der Waals surface area contributed by atoms with Crippen LogP contribution >= 0.6 is 0 Å². The fourth-order valence-electron chi connectivity index (χ4n) is 6.58. The molecule has 6 aromatic rings. The molecule has 0 bridgehead atoms. The summed E-state index contributed by atoms with van der Waals surface area (Å²) in [6.45, 7) is 0. The summed E-state index contributed by atoms with van der Waals surface area (Å²) in [5, 5.41) is 152. The maximum Gasteiger partial charge on any atom is 0.346 e. The topological polar surface area (TPSA) is 386 Å². The maximum absolute atomic E-state index is 11.8. The van der Waals surface area contributed by atoms with Crippen LogP contribution in [-0.4, -0.2) is 106 Å². The van der Waals surface area contributed by atoms with Crippen LogP contribution in [-0.2, 0) is 17.6 Å². The predicted octanol–water partition coefficient (Wildman–Crippen LogP) is 4.01. The van der Waals surface area contributed by atoms with Crippen molar-refractivity contribution in [3.63, 3.8) is 0 Å². The van der Waals surface area contributed by atoms with Crippen molar-refractivity contribution in [2.75, 3.05) is 0 Å². The smallest absolute Gasteiger partial charge is 0.346 e. The molecular formula is C44H38O21. The van der Waals surface area contributed by atoms with E-state index in [1.165, 1.54) is 60.7 Å². The molecule has 0 amide bonds. The predicted molar refractivity (Wildman–Crippen MR) is 218 cm³/mol. The second-order valence-electron chi connectivity index (χ2n) is 14.4. The summed E-state index contributed by atoms with van der Waals surface area (Å²) in [6, 6.07) is 16.4. The first kappa shape index (κ1) is 45.7. The van der Waals surface area contributed by atoms with E-state index in [0.29, 0.717) is 22.3 Å². The van der Waals surface area contributed by atoms with Gasteiger partial charge in [-0.25, -0.2) is 9.59 Å². The molecule has 21 heteroatoms. The summed E-state index contributed by atoms with van der Waals surface area (Å²) in [4.78, 5) is 23.5. The first-order valence-electron chi connectivity index (χ1n) is 18.7. The minimum absolute atomic E-state index is 0.143. The molecule has 4 atom stereocenters. The fourth-order valence-corrected chi connectivity index (χ4v) is 6.58. The molecule has 0 saturated heterocycles. The summed E-state index contributed by atoms with van der Waals surface area (Å²) in [5.41, 5.74) is 0.924. The third kappa shape index (κ3) is 9.96. The molecule has 0 saturated carbocycles. The molecule has 0 unspecified atom stereocenters. The van der Waals surface area contributed by atoms with Gasteiger partial charge in [-0.3, -0.25) is 0 Å². The van der Waals surface area contributed by atoms with Crippen molar-refractivity contribution in [2.24, 2.45) is 0 Å². The van der Waals surface area contributed by atoms with E-state index < -0.39 is 82.0 Å². The number of rotatable bonds is 4. The van der Waals surface area contributed by atoms with Crippen molar-refractivity contribution in [1.82, 2.24) is 0 Å². The van der Waals surface area contributed by atoms with Gasteiger partial charge in [-0.15, -0.1) is 0 Å². The molecule has 340 valence electrons. The zero-order valence-corrected chi connectivity index (χ0v) is 33.0. The fraction of sp³-hybridized carbons (Fsp3) is 0.136. The molecular weight excluding hydrogens is 864 g/mol. The van der Waals surface area contributed by atoms with Gasteiger partial charge in [0.1, 0.15) is 46.7 Å². The number of fused-ring (bicyclic) bond motifs is 2. The summed E-state index contributed by atoms with van der Waals surface area (Å²) in [7, 11) is 0. The Kier molecular flexibility index (Phi) is 12.8. The van der Waals surface area contributed by atoms with Crippen LogP contribution in [0.2, 0.25) is 0 Å². The van der Waals surface area contributed by atoms with Crippen LogP contribution < -0.4 is 9.47 Å². The van der Waals surface area contributed by atoms with Gasteiger partial charge in [-0.1, -0.05) is 12.1 Å². The van der Waals surface area contributed by atoms with Crippen molar-refractivity contribution < 1.29 is 106 Å². The van der Waals surface area contributed by atoms with Crippen molar-refractivity contribution >= 4 is 11.9 Å². The molecule has 0 aromatic heterocycles. The van der Waals surface area contributed by atoms with Gasteiger partial charge in [0.15, 0.2) is 57.5 Å². The molecule has 0 fully saturated rings. The quantitative estimate of drug-likeness (QED) is 0.0675. The van der Waals surface area contributed by atoms with E-state index >= 15 is 0 Å². The van der Waals surface area contributed by atoms with Crippen LogP contribution in [0.3, 0.4) is 0 Å². The Morgan fingerprint density at radius 1 is 0.415 bits per heavy atom. The van der Waals surface area contributed by atoms with Crippen LogP contribution in [0.25, 0.3) is 0 Å². The molecule has 0 radical (unpaired) electrons. The second-order valence-corrected chi connectivity index (χ2v) is 14.4. The van der Waals surface area contributed by atoms with Crippen LogP contribution in [0.15, 0.2) is 84.9 Å². The van der Waals surface area contributed by atoms with Crippen molar-refractivity contribution in [2.45, 2.75) is 37.3 Å². The summed E-state index contributed by atoms with van der Waals surface area (Å²) in [6.07, 6.45) is -3.12. The molecule has 0 aliphatic carbocycles. The zero-order valence-electron chi connectivity index (χ0n) is 33.0. The minimum Gasteiger partial charge on any atom is -0.508 e. The van der Waals surface area contributed by atoms with Gasteiger partial charge in [0.2, 0.25) is 0 Å². The van der Waals surface area contributed by atoms with Gasteiger partial charge in [0.25, 0.3) is 0 Å². The highest BCUT2D eigenvalue weighted by Gasteiger charge is 2.34. The van der Waals surface area contributed by atoms with E-state index in [4.69, 9.17) is 19.7 Å².